The van der Waals surface area contributed by atoms with Gasteiger partial charge < -0.3 is 35.0 Å². The van der Waals surface area contributed by atoms with E-state index in [1.54, 1.807) is 12.3 Å². The lowest BCUT2D eigenvalue weighted by atomic mass is 10.1. The molecule has 0 aromatic heterocycles. The summed E-state index contributed by atoms with van der Waals surface area (Å²) in [5, 5.41) is 19.9. The van der Waals surface area contributed by atoms with Gasteiger partial charge in [-0.2, -0.15) is 0 Å². The lowest BCUT2D eigenvalue weighted by molar-refractivity contribution is -0.898. The predicted molar refractivity (Wildman–Crippen MR) is 68.7 cm³/mol. The maximum atomic E-state index is 11.2. The second kappa shape index (κ2) is 6.57. The summed E-state index contributed by atoms with van der Waals surface area (Å²) in [5.74, 6) is -0.609. The number of phosphoric acid groups is 1. The molecule has 0 bridgehead atoms. The lowest BCUT2D eigenvalue weighted by Crippen LogP contribution is -3.13. The van der Waals surface area contributed by atoms with Gasteiger partial charge >= 0.3 is 0 Å². The second-order valence-corrected chi connectivity index (χ2v) is 6.20. The number of quaternary nitrogens is 1. The van der Waals surface area contributed by atoms with Crippen molar-refractivity contribution in [2.45, 2.75) is 24.5 Å². The van der Waals surface area contributed by atoms with Gasteiger partial charge in [-0.1, -0.05) is 0 Å². The Morgan fingerprint density at radius 3 is 2.82 bits per heavy atom. The Morgan fingerprint density at radius 2 is 2.23 bits per heavy atom. The smallest absolute Gasteiger partial charge is 0.265 e. The molecular weight excluding hydrogens is 319 g/mol. The third-order valence-electron chi connectivity index (χ3n) is 3.45. The van der Waals surface area contributed by atoms with Crippen LogP contribution in [0.3, 0.4) is 0 Å². The fourth-order valence-corrected chi connectivity index (χ4v) is 2.69. The van der Waals surface area contributed by atoms with Crippen molar-refractivity contribution in [1.82, 2.24) is 0 Å². The Labute approximate surface area is 125 Å². The fraction of sp³-hybridized carbons (Fsp3) is 0.545. The molecule has 2 rings (SSSR count). The van der Waals surface area contributed by atoms with Crippen molar-refractivity contribution in [3.8, 4) is 0 Å². The molecule has 0 aromatic carbocycles. The van der Waals surface area contributed by atoms with Gasteiger partial charge in [0, 0.05) is 0 Å². The molecule has 0 aliphatic carbocycles. The van der Waals surface area contributed by atoms with Crippen LogP contribution < -0.4 is 15.5 Å². The van der Waals surface area contributed by atoms with E-state index in [1.807, 2.05) is 0 Å². The molecule has 6 N–H and O–H groups in total. The number of amides is 1. The highest BCUT2D eigenvalue weighted by molar-refractivity contribution is 7.44. The van der Waals surface area contributed by atoms with Crippen molar-refractivity contribution in [2.75, 3.05) is 13.2 Å². The molecule has 22 heavy (non-hydrogen) atoms. The highest BCUT2D eigenvalue weighted by atomic mass is 31.2. The average molecular weight is 336 g/mol. The van der Waals surface area contributed by atoms with Crippen LogP contribution in [0.15, 0.2) is 23.9 Å². The monoisotopic (exact) mass is 336 g/mol. The van der Waals surface area contributed by atoms with Crippen molar-refractivity contribution in [3.63, 3.8) is 0 Å². The number of allylic oxidation sites excluding steroid dienone is 2. The number of hydrogen-bond acceptors (Lipinski definition) is 7. The van der Waals surface area contributed by atoms with Crippen molar-refractivity contribution >= 4 is 13.7 Å². The van der Waals surface area contributed by atoms with E-state index in [-0.39, 0.29) is 6.54 Å². The molecule has 10 nitrogen and oxygen atoms in total. The zero-order valence-corrected chi connectivity index (χ0v) is 12.3. The van der Waals surface area contributed by atoms with E-state index in [0.717, 1.165) is 0 Å². The highest BCUT2D eigenvalue weighted by Gasteiger charge is 2.48. The zero-order valence-electron chi connectivity index (χ0n) is 11.4. The maximum Gasteiger partial charge on any atom is 0.265 e. The van der Waals surface area contributed by atoms with E-state index >= 15 is 0 Å². The summed E-state index contributed by atoms with van der Waals surface area (Å²) in [6.45, 7) is -0.491. The second-order valence-electron chi connectivity index (χ2n) is 5.01. The fourth-order valence-electron chi connectivity index (χ4n) is 2.35. The first-order chi connectivity index (χ1) is 10.2. The number of nitrogens with two attached hydrogens (primary N) is 1. The summed E-state index contributed by atoms with van der Waals surface area (Å²) in [5.41, 5.74) is 5.51. The van der Waals surface area contributed by atoms with Crippen LogP contribution in [0, 0.1) is 0 Å². The molecule has 0 spiro atoms. The summed E-state index contributed by atoms with van der Waals surface area (Å²) in [6.07, 6.45) is -0.105. The molecule has 2 aliphatic heterocycles. The summed E-state index contributed by atoms with van der Waals surface area (Å²) >= 11 is 0. The van der Waals surface area contributed by atoms with Gasteiger partial charge in [-0.3, -0.25) is 14.3 Å². The van der Waals surface area contributed by atoms with Gasteiger partial charge in [0.25, 0.3) is 7.82 Å². The van der Waals surface area contributed by atoms with Crippen LogP contribution in [-0.2, 0) is 18.6 Å². The van der Waals surface area contributed by atoms with Crippen LogP contribution in [0.25, 0.3) is 0 Å². The molecule has 0 saturated carbocycles. The number of aliphatic hydroxyl groups excluding tert-OH is 2. The van der Waals surface area contributed by atoms with Gasteiger partial charge in [-0.25, -0.2) is 0 Å². The molecule has 0 radical (unpaired) electrons. The number of carbonyl (C=O) groups is 1. The molecule has 6 atom stereocenters. The summed E-state index contributed by atoms with van der Waals surface area (Å²) < 4.78 is 20.1. The predicted octanol–water partition coefficient (Wildman–Crippen LogP) is -4.27. The van der Waals surface area contributed by atoms with Gasteiger partial charge in [0.05, 0.1) is 18.4 Å². The number of nitrogens with one attached hydrogen (secondary N) is 1. The first kappa shape index (κ1) is 17.3. The molecule has 11 heteroatoms. The number of primary amides is 1. The molecule has 0 aromatic rings. The van der Waals surface area contributed by atoms with E-state index in [9.17, 15) is 24.5 Å². The van der Waals surface area contributed by atoms with Crippen LogP contribution in [0.2, 0.25) is 0 Å². The highest BCUT2D eigenvalue weighted by Crippen LogP contribution is 2.32. The van der Waals surface area contributed by atoms with E-state index in [4.69, 9.17) is 15.4 Å². The standard InChI is InChI=1S/C11H17N2O8P/c12-10(16)6-2-1-3-13(4-6)11-9(15)8(14)7(21-11)5-20-22(17,18)19/h1-3,7-9,11,14-15H,4-5H2,(H2,12,16)(H2,17,18,19). The van der Waals surface area contributed by atoms with Gasteiger partial charge in [0.2, 0.25) is 12.1 Å². The Hall–Kier alpha value is -1.10. The third-order valence-corrected chi connectivity index (χ3v) is 3.92. The Kier molecular flexibility index (Phi) is 5.15. The quantitative estimate of drug-likeness (QED) is 0.315. The SMILES string of the molecule is NC(=O)C1=CC=C[NH+](C2OC(COP(=O)([O-])O)C(O)C2O)C1. The van der Waals surface area contributed by atoms with Crippen molar-refractivity contribution in [1.29, 1.82) is 0 Å². The van der Waals surface area contributed by atoms with E-state index in [1.165, 1.54) is 6.08 Å². The minimum atomic E-state index is -4.95. The van der Waals surface area contributed by atoms with Gasteiger partial charge in [-0.15, -0.1) is 0 Å². The number of ether oxygens (including phenoxy) is 1. The van der Waals surface area contributed by atoms with Crippen LogP contribution in [0.5, 0.6) is 0 Å². The molecule has 124 valence electrons. The molecule has 6 unspecified atom stereocenters. The van der Waals surface area contributed by atoms with Gasteiger partial charge in [0.15, 0.2) is 6.10 Å². The lowest BCUT2D eigenvalue weighted by Gasteiger charge is -2.25. The van der Waals surface area contributed by atoms with Crippen molar-refractivity contribution in [2.24, 2.45) is 5.73 Å². The minimum absolute atomic E-state index is 0.147. The molecule has 1 saturated heterocycles. The Bertz CT molecular complexity index is 544. The van der Waals surface area contributed by atoms with Crippen molar-refractivity contribution in [3.05, 3.63) is 23.9 Å². The van der Waals surface area contributed by atoms with Crippen LogP contribution >= 0.6 is 7.82 Å². The van der Waals surface area contributed by atoms with Gasteiger partial charge in [0.1, 0.15) is 18.8 Å². The number of aliphatic hydroxyl groups is 2. The maximum absolute atomic E-state index is 11.2. The largest absolute Gasteiger partial charge is 0.756 e. The number of phosphoric ester groups is 1. The summed E-state index contributed by atoms with van der Waals surface area (Å²) in [6, 6.07) is 0. The van der Waals surface area contributed by atoms with Crippen LogP contribution in [0.4, 0.5) is 0 Å². The minimum Gasteiger partial charge on any atom is -0.756 e. The number of rotatable bonds is 5. The first-order valence-electron chi connectivity index (χ1n) is 6.42. The molecule has 1 amide bonds. The van der Waals surface area contributed by atoms with Crippen molar-refractivity contribution < 1.29 is 43.5 Å². The van der Waals surface area contributed by atoms with E-state index < -0.39 is 44.9 Å². The summed E-state index contributed by atoms with van der Waals surface area (Å²) in [4.78, 5) is 30.8. The third kappa shape index (κ3) is 4.00. The van der Waals surface area contributed by atoms with Gasteiger partial charge in [-0.05, 0) is 12.2 Å². The average Bonchev–Trinajstić information content (AvgIpc) is 2.72. The number of hydrogen-bond donors (Lipinski definition) is 5. The zero-order chi connectivity index (χ0) is 16.5. The van der Waals surface area contributed by atoms with E-state index in [0.29, 0.717) is 10.5 Å². The number of carbonyl (C=O) groups excluding carboxylic acids is 1. The topological polar surface area (TPSA) is 167 Å². The molecule has 2 aliphatic rings. The molecule has 1 fully saturated rings. The Balaban J connectivity index is 2.01. The molecule has 2 heterocycles. The van der Waals surface area contributed by atoms with Crippen LogP contribution in [-0.4, -0.2) is 58.7 Å². The van der Waals surface area contributed by atoms with Crippen LogP contribution in [0.1, 0.15) is 0 Å². The Morgan fingerprint density at radius 1 is 1.55 bits per heavy atom. The normalized spacial score (nSPS) is 37.6. The van der Waals surface area contributed by atoms with E-state index in [2.05, 4.69) is 4.52 Å². The molecular formula is C11H17N2O8P. The first-order valence-corrected chi connectivity index (χ1v) is 7.91. The summed E-state index contributed by atoms with van der Waals surface area (Å²) in [7, 11) is -4.95.